The Kier molecular flexibility index (Phi) is 23.8. The highest BCUT2D eigenvalue weighted by molar-refractivity contribution is 5.84. The number of hydrogen-bond acceptors (Lipinski definition) is 5. The Morgan fingerprint density at radius 1 is 0.960 bits per heavy atom. The average molecular weight is 356 g/mol. The Morgan fingerprint density at radius 2 is 1.40 bits per heavy atom. The lowest BCUT2D eigenvalue weighted by molar-refractivity contribution is -0.138. The first-order chi connectivity index (χ1) is 11.8. The van der Waals surface area contributed by atoms with E-state index in [0.717, 1.165) is 18.9 Å². The van der Waals surface area contributed by atoms with Gasteiger partial charge in [0, 0.05) is 17.7 Å². The van der Waals surface area contributed by atoms with Crippen molar-refractivity contribution in [3.8, 4) is 0 Å². The van der Waals surface area contributed by atoms with Gasteiger partial charge in [-0.3, -0.25) is 0 Å². The molecule has 6 heteroatoms. The van der Waals surface area contributed by atoms with Gasteiger partial charge in [-0.05, 0) is 13.3 Å². The number of esters is 2. The molecule has 144 valence electrons. The first-order valence-electron chi connectivity index (χ1n) is 8.15. The summed E-state index contributed by atoms with van der Waals surface area (Å²) in [6, 6.07) is 0. The van der Waals surface area contributed by atoms with Crippen LogP contribution in [0.4, 0.5) is 0 Å². The van der Waals surface area contributed by atoms with Crippen LogP contribution in [0.2, 0.25) is 0 Å². The molecule has 0 fully saturated rings. The fourth-order valence-corrected chi connectivity index (χ4v) is 1.20. The van der Waals surface area contributed by atoms with Crippen molar-refractivity contribution in [1.29, 1.82) is 0 Å². The predicted molar refractivity (Wildman–Crippen MR) is 99.2 cm³/mol. The molecule has 6 nitrogen and oxygen atoms in total. The van der Waals surface area contributed by atoms with Crippen molar-refractivity contribution in [3.05, 3.63) is 37.5 Å². The van der Waals surface area contributed by atoms with Gasteiger partial charge in [-0.25, -0.2) is 14.4 Å². The summed E-state index contributed by atoms with van der Waals surface area (Å²) in [5, 5.41) is 7.89. The molecule has 0 rings (SSSR count). The summed E-state index contributed by atoms with van der Waals surface area (Å²) in [6.45, 7) is 13.8. The van der Waals surface area contributed by atoms with Crippen molar-refractivity contribution >= 4 is 17.9 Å². The van der Waals surface area contributed by atoms with Gasteiger partial charge in [0.15, 0.2) is 0 Å². The van der Waals surface area contributed by atoms with Gasteiger partial charge in [-0.15, -0.1) is 0 Å². The number of hydrogen-bond donors (Lipinski definition) is 1. The zero-order chi connectivity index (χ0) is 20.1. The second-order valence-corrected chi connectivity index (χ2v) is 4.95. The molecule has 0 amide bonds. The first-order valence-corrected chi connectivity index (χ1v) is 8.15. The van der Waals surface area contributed by atoms with E-state index < -0.39 is 11.9 Å². The van der Waals surface area contributed by atoms with E-state index in [1.54, 1.807) is 0 Å². The van der Waals surface area contributed by atoms with Gasteiger partial charge >= 0.3 is 17.9 Å². The minimum absolute atomic E-state index is 0.176. The minimum atomic E-state index is -0.935. The molecule has 0 aliphatic heterocycles. The average Bonchev–Trinajstić information content (AvgIpc) is 2.60. The molecule has 0 aromatic carbocycles. The van der Waals surface area contributed by atoms with Gasteiger partial charge in [-0.1, -0.05) is 58.8 Å². The maximum Gasteiger partial charge on any atom is 0.330 e. The van der Waals surface area contributed by atoms with E-state index in [4.69, 9.17) is 9.84 Å². The molecule has 0 aromatic rings. The number of carboxylic acid groups (broad SMARTS) is 1. The van der Waals surface area contributed by atoms with Gasteiger partial charge in [0.25, 0.3) is 0 Å². The Morgan fingerprint density at radius 3 is 1.72 bits per heavy atom. The fraction of sp³-hybridized carbons (Fsp3) is 0.526. The van der Waals surface area contributed by atoms with E-state index >= 15 is 0 Å². The maximum atomic E-state index is 10.6. The summed E-state index contributed by atoms with van der Waals surface area (Å²) in [4.78, 5) is 30.0. The highest BCUT2D eigenvalue weighted by atomic mass is 16.5. The van der Waals surface area contributed by atoms with Gasteiger partial charge < -0.3 is 14.6 Å². The van der Waals surface area contributed by atoms with Crippen LogP contribution in [0.25, 0.3) is 0 Å². The van der Waals surface area contributed by atoms with Crippen LogP contribution in [-0.4, -0.2) is 36.7 Å². The van der Waals surface area contributed by atoms with Crippen LogP contribution in [0.1, 0.15) is 52.4 Å². The third kappa shape index (κ3) is 30.1. The molecular weight excluding hydrogens is 324 g/mol. The molecule has 0 bridgehead atoms. The molecule has 0 spiro atoms. The van der Waals surface area contributed by atoms with Crippen LogP contribution < -0.4 is 0 Å². The Balaban J connectivity index is -0.000000336. The van der Waals surface area contributed by atoms with Crippen LogP contribution >= 0.6 is 0 Å². The fourth-order valence-electron chi connectivity index (χ4n) is 1.20. The summed E-state index contributed by atoms with van der Waals surface area (Å²) in [5.41, 5.74) is 0.176. The molecule has 25 heavy (non-hydrogen) atoms. The van der Waals surface area contributed by atoms with Crippen molar-refractivity contribution in [2.75, 3.05) is 13.7 Å². The molecule has 0 heterocycles. The number of methoxy groups -OCH3 is 1. The number of carbonyl (C=O) groups excluding carboxylic acids is 2. The number of carboxylic acids is 1. The lowest BCUT2D eigenvalue weighted by Crippen LogP contribution is -2.01. The third-order valence-electron chi connectivity index (χ3n) is 2.64. The lowest BCUT2D eigenvalue weighted by atomic mass is 10.1. The van der Waals surface area contributed by atoms with Crippen LogP contribution in [0.5, 0.6) is 0 Å². The number of rotatable bonds is 10. The van der Waals surface area contributed by atoms with Gasteiger partial charge in [0.1, 0.15) is 0 Å². The van der Waals surface area contributed by atoms with E-state index in [1.165, 1.54) is 45.8 Å². The summed E-state index contributed by atoms with van der Waals surface area (Å²) in [7, 11) is 1.31. The van der Waals surface area contributed by atoms with Crippen LogP contribution in [-0.2, 0) is 23.9 Å². The monoisotopic (exact) mass is 356 g/mol. The van der Waals surface area contributed by atoms with Gasteiger partial charge in [0.2, 0.25) is 0 Å². The summed E-state index contributed by atoms with van der Waals surface area (Å²) >= 11 is 0. The molecule has 1 N–H and O–H groups in total. The number of carbonyl (C=O) groups is 3. The molecule has 0 atom stereocenters. The van der Waals surface area contributed by atoms with Crippen molar-refractivity contribution in [2.24, 2.45) is 0 Å². The van der Waals surface area contributed by atoms with Gasteiger partial charge in [-0.2, -0.15) is 0 Å². The summed E-state index contributed by atoms with van der Waals surface area (Å²) in [6.07, 6.45) is 9.58. The standard InChI is InChI=1S/C11H20O2.2C4H6O2/c1-3-5-6-7-8-9-10-13-11(12)4-2;1-3-4(5)6-2;1-3(2)4(5)6/h4H,2-3,5-10H2,1H3;3H,1H2,2H3;1H2,2H3,(H,5,6). The molecule has 0 saturated heterocycles. The molecule has 0 aliphatic rings. The second-order valence-electron chi connectivity index (χ2n) is 4.95. The Labute approximate surface area is 151 Å². The lowest BCUT2D eigenvalue weighted by Gasteiger charge is -2.01. The summed E-state index contributed by atoms with van der Waals surface area (Å²) < 4.78 is 8.98. The highest BCUT2D eigenvalue weighted by Crippen LogP contribution is 2.04. The van der Waals surface area contributed by atoms with E-state index in [-0.39, 0.29) is 11.5 Å². The normalized spacial score (nSPS) is 8.44. The molecular formula is C19H32O6. The predicted octanol–water partition coefficient (Wildman–Crippen LogP) is 4.07. The minimum Gasteiger partial charge on any atom is -0.478 e. The van der Waals surface area contributed by atoms with Crippen molar-refractivity contribution in [2.45, 2.75) is 52.4 Å². The van der Waals surface area contributed by atoms with Crippen LogP contribution in [0.3, 0.4) is 0 Å². The molecule has 0 saturated carbocycles. The van der Waals surface area contributed by atoms with Crippen molar-refractivity contribution in [3.63, 3.8) is 0 Å². The largest absolute Gasteiger partial charge is 0.478 e. The van der Waals surface area contributed by atoms with Gasteiger partial charge in [0.05, 0.1) is 13.7 Å². The van der Waals surface area contributed by atoms with E-state index in [2.05, 4.69) is 31.4 Å². The zero-order valence-electron chi connectivity index (χ0n) is 15.7. The number of aliphatic carboxylic acids is 1. The SMILES string of the molecule is C=C(C)C(=O)O.C=CC(=O)OC.C=CC(=O)OCCCCCCCC. The van der Waals surface area contributed by atoms with Crippen molar-refractivity contribution in [1.82, 2.24) is 0 Å². The van der Waals surface area contributed by atoms with Crippen LogP contribution in [0.15, 0.2) is 37.5 Å². The molecule has 0 radical (unpaired) electrons. The maximum absolute atomic E-state index is 10.6. The molecule has 0 aromatic heterocycles. The van der Waals surface area contributed by atoms with Crippen LogP contribution in [0, 0.1) is 0 Å². The summed E-state index contributed by atoms with van der Waals surface area (Å²) in [5.74, 6) is -1.64. The smallest absolute Gasteiger partial charge is 0.330 e. The number of ether oxygens (including phenoxy) is 2. The molecule has 0 aliphatic carbocycles. The number of unbranched alkanes of at least 4 members (excludes halogenated alkanes) is 5. The second kappa shape index (κ2) is 21.6. The third-order valence-corrected chi connectivity index (χ3v) is 2.64. The topological polar surface area (TPSA) is 89.9 Å². The quantitative estimate of drug-likeness (QED) is 0.360. The van der Waals surface area contributed by atoms with Crippen molar-refractivity contribution < 1.29 is 29.0 Å². The van der Waals surface area contributed by atoms with E-state index in [1.807, 2.05) is 0 Å². The van der Waals surface area contributed by atoms with E-state index in [0.29, 0.717) is 6.61 Å². The highest BCUT2D eigenvalue weighted by Gasteiger charge is 1.94. The molecule has 0 unspecified atom stereocenters. The first kappa shape index (κ1) is 27.5. The Hall–Kier alpha value is -2.37. The van der Waals surface area contributed by atoms with E-state index in [9.17, 15) is 14.4 Å². The zero-order valence-corrected chi connectivity index (χ0v) is 15.7. The Bertz CT molecular complexity index is 397.